The Morgan fingerprint density at radius 1 is 1.24 bits per heavy atom. The summed E-state index contributed by atoms with van der Waals surface area (Å²) in [5.74, 6) is 6.07. The van der Waals surface area contributed by atoms with Gasteiger partial charge >= 0.3 is 0 Å². The van der Waals surface area contributed by atoms with E-state index in [0.717, 1.165) is 6.42 Å². The zero-order valence-electron chi connectivity index (χ0n) is 11.1. The molecule has 0 saturated heterocycles. The Labute approximate surface area is 105 Å². The average molecular weight is 230 g/mol. The second-order valence-corrected chi connectivity index (χ2v) is 4.32. The van der Waals surface area contributed by atoms with Crippen molar-refractivity contribution in [2.45, 2.75) is 52.7 Å². The van der Waals surface area contributed by atoms with Gasteiger partial charge in [-0.15, -0.1) is 5.92 Å². The molecule has 1 heteroatoms. The molecule has 1 nitrogen and oxygen atoms in total. The van der Waals surface area contributed by atoms with Crippen LogP contribution in [0.15, 0.2) is 24.3 Å². The summed E-state index contributed by atoms with van der Waals surface area (Å²) in [5, 5.41) is 0. The molecule has 0 N–H and O–H groups in total. The molecule has 1 atom stereocenters. The van der Waals surface area contributed by atoms with Gasteiger partial charge in [0.25, 0.3) is 0 Å². The van der Waals surface area contributed by atoms with Gasteiger partial charge in [0.15, 0.2) is 0 Å². The second kappa shape index (κ2) is 7.92. The standard InChI is InChI=1S/C16H22O/c1-4-6-8-16(7-5-2)17-13-15-11-9-14(3)10-12-15/h9-12,16H,4,6,8,13H2,1-3H3. The maximum atomic E-state index is 5.84. The lowest BCUT2D eigenvalue weighted by Crippen LogP contribution is -2.10. The van der Waals surface area contributed by atoms with Crippen molar-refractivity contribution in [2.75, 3.05) is 0 Å². The van der Waals surface area contributed by atoms with E-state index in [9.17, 15) is 0 Å². The third-order valence-corrected chi connectivity index (χ3v) is 2.70. The molecule has 1 unspecified atom stereocenters. The van der Waals surface area contributed by atoms with Crippen LogP contribution in [0, 0.1) is 18.8 Å². The summed E-state index contributed by atoms with van der Waals surface area (Å²) in [6.45, 7) is 6.81. The van der Waals surface area contributed by atoms with Gasteiger partial charge in [-0.25, -0.2) is 0 Å². The van der Waals surface area contributed by atoms with Gasteiger partial charge in [-0.3, -0.25) is 0 Å². The normalized spacial score (nSPS) is 11.7. The van der Waals surface area contributed by atoms with Crippen molar-refractivity contribution in [2.24, 2.45) is 0 Å². The van der Waals surface area contributed by atoms with Crippen LogP contribution in [0.1, 0.15) is 44.2 Å². The highest BCUT2D eigenvalue weighted by molar-refractivity contribution is 5.20. The minimum absolute atomic E-state index is 0.0845. The van der Waals surface area contributed by atoms with Crippen LogP contribution in [-0.2, 0) is 11.3 Å². The molecule has 1 aromatic carbocycles. The monoisotopic (exact) mass is 230 g/mol. The van der Waals surface area contributed by atoms with E-state index in [1.807, 2.05) is 6.92 Å². The quantitative estimate of drug-likeness (QED) is 0.669. The highest BCUT2D eigenvalue weighted by Crippen LogP contribution is 2.09. The first-order valence-electron chi connectivity index (χ1n) is 6.35. The molecule has 1 aromatic rings. The van der Waals surface area contributed by atoms with Crippen molar-refractivity contribution in [1.82, 2.24) is 0 Å². The van der Waals surface area contributed by atoms with Crippen LogP contribution >= 0.6 is 0 Å². The lowest BCUT2D eigenvalue weighted by atomic mass is 10.1. The molecule has 0 bridgehead atoms. The van der Waals surface area contributed by atoms with Crippen LogP contribution in [0.5, 0.6) is 0 Å². The van der Waals surface area contributed by atoms with E-state index in [1.165, 1.54) is 24.0 Å². The molecule has 0 aromatic heterocycles. The van der Waals surface area contributed by atoms with Crippen LogP contribution in [0.2, 0.25) is 0 Å². The summed E-state index contributed by atoms with van der Waals surface area (Å²) in [6, 6.07) is 8.47. The zero-order valence-corrected chi connectivity index (χ0v) is 11.1. The fourth-order valence-corrected chi connectivity index (χ4v) is 1.63. The van der Waals surface area contributed by atoms with E-state index < -0.39 is 0 Å². The summed E-state index contributed by atoms with van der Waals surface area (Å²) in [6.07, 6.45) is 3.48. The van der Waals surface area contributed by atoms with Gasteiger partial charge in [-0.05, 0) is 25.8 Å². The van der Waals surface area contributed by atoms with Gasteiger partial charge in [0.1, 0.15) is 6.10 Å². The van der Waals surface area contributed by atoms with Crippen LogP contribution in [0.4, 0.5) is 0 Å². The summed E-state index contributed by atoms with van der Waals surface area (Å²) < 4.78 is 5.84. The number of ether oxygens (including phenoxy) is 1. The molecule has 92 valence electrons. The van der Waals surface area contributed by atoms with Gasteiger partial charge in [-0.2, -0.15) is 0 Å². The van der Waals surface area contributed by atoms with E-state index in [4.69, 9.17) is 4.74 Å². The summed E-state index contributed by atoms with van der Waals surface area (Å²) in [5.41, 5.74) is 2.50. The minimum atomic E-state index is 0.0845. The molecular formula is C16H22O. The predicted octanol–water partition coefficient (Wildman–Crippen LogP) is 4.09. The molecule has 0 amide bonds. The Hall–Kier alpha value is -1.26. The van der Waals surface area contributed by atoms with Gasteiger partial charge in [0, 0.05) is 0 Å². The van der Waals surface area contributed by atoms with E-state index in [2.05, 4.69) is 50.0 Å². The van der Waals surface area contributed by atoms with Crippen LogP contribution < -0.4 is 0 Å². The minimum Gasteiger partial charge on any atom is -0.361 e. The molecule has 0 heterocycles. The highest BCUT2D eigenvalue weighted by Gasteiger charge is 2.04. The van der Waals surface area contributed by atoms with Crippen LogP contribution in [-0.4, -0.2) is 6.10 Å². The van der Waals surface area contributed by atoms with E-state index in [-0.39, 0.29) is 6.10 Å². The lowest BCUT2D eigenvalue weighted by molar-refractivity contribution is 0.0712. The first kappa shape index (κ1) is 13.8. The third kappa shape index (κ3) is 5.56. The molecule has 17 heavy (non-hydrogen) atoms. The highest BCUT2D eigenvalue weighted by atomic mass is 16.5. The Bertz CT molecular complexity index is 367. The molecular weight excluding hydrogens is 208 g/mol. The van der Waals surface area contributed by atoms with Gasteiger partial charge < -0.3 is 4.74 Å². The Morgan fingerprint density at radius 3 is 2.53 bits per heavy atom. The number of hydrogen-bond donors (Lipinski definition) is 0. The largest absolute Gasteiger partial charge is 0.361 e. The molecule has 0 fully saturated rings. The second-order valence-electron chi connectivity index (χ2n) is 4.32. The van der Waals surface area contributed by atoms with E-state index in [1.54, 1.807) is 0 Å². The maximum absolute atomic E-state index is 5.84. The molecule has 0 saturated carbocycles. The Balaban J connectivity index is 2.44. The Kier molecular flexibility index (Phi) is 6.43. The summed E-state index contributed by atoms with van der Waals surface area (Å²) in [4.78, 5) is 0. The van der Waals surface area contributed by atoms with Crippen molar-refractivity contribution in [3.63, 3.8) is 0 Å². The van der Waals surface area contributed by atoms with Crippen molar-refractivity contribution >= 4 is 0 Å². The van der Waals surface area contributed by atoms with Gasteiger partial charge in [0.05, 0.1) is 6.61 Å². The number of rotatable bonds is 6. The average Bonchev–Trinajstić information content (AvgIpc) is 2.35. The van der Waals surface area contributed by atoms with Crippen molar-refractivity contribution in [1.29, 1.82) is 0 Å². The number of unbranched alkanes of at least 4 members (excludes halogenated alkanes) is 1. The lowest BCUT2D eigenvalue weighted by Gasteiger charge is -2.12. The maximum Gasteiger partial charge on any atom is 0.118 e. The topological polar surface area (TPSA) is 9.23 Å². The molecule has 1 rings (SSSR count). The number of aryl methyl sites for hydroxylation is 1. The van der Waals surface area contributed by atoms with E-state index in [0.29, 0.717) is 6.61 Å². The Morgan fingerprint density at radius 2 is 1.94 bits per heavy atom. The van der Waals surface area contributed by atoms with Gasteiger partial charge in [0.2, 0.25) is 0 Å². The summed E-state index contributed by atoms with van der Waals surface area (Å²) >= 11 is 0. The fraction of sp³-hybridized carbons (Fsp3) is 0.500. The van der Waals surface area contributed by atoms with Crippen molar-refractivity contribution in [3.05, 3.63) is 35.4 Å². The molecule has 0 radical (unpaired) electrons. The fourth-order valence-electron chi connectivity index (χ4n) is 1.63. The smallest absolute Gasteiger partial charge is 0.118 e. The number of hydrogen-bond acceptors (Lipinski definition) is 1. The molecule has 0 aliphatic rings. The third-order valence-electron chi connectivity index (χ3n) is 2.70. The van der Waals surface area contributed by atoms with Crippen LogP contribution in [0.3, 0.4) is 0 Å². The first-order chi connectivity index (χ1) is 8.26. The number of benzene rings is 1. The van der Waals surface area contributed by atoms with Crippen molar-refractivity contribution in [3.8, 4) is 11.8 Å². The predicted molar refractivity (Wildman–Crippen MR) is 72.7 cm³/mol. The SMILES string of the molecule is CC#CC(CCCC)OCc1ccc(C)cc1. The molecule has 0 spiro atoms. The van der Waals surface area contributed by atoms with Gasteiger partial charge in [-0.1, -0.05) is 55.5 Å². The van der Waals surface area contributed by atoms with E-state index >= 15 is 0 Å². The zero-order chi connectivity index (χ0) is 12.5. The molecule has 0 aliphatic heterocycles. The molecule has 0 aliphatic carbocycles. The van der Waals surface area contributed by atoms with Crippen molar-refractivity contribution < 1.29 is 4.74 Å². The first-order valence-corrected chi connectivity index (χ1v) is 6.35. The van der Waals surface area contributed by atoms with Crippen LogP contribution in [0.25, 0.3) is 0 Å². The summed E-state index contributed by atoms with van der Waals surface area (Å²) in [7, 11) is 0.